The number of anilines is 1. The largest absolute Gasteiger partial charge is 0.366 e. The van der Waals surface area contributed by atoms with Crippen LogP contribution >= 0.6 is 11.6 Å². The molecule has 0 atom stereocenters. The molecule has 0 saturated heterocycles. The maximum Gasteiger partial charge on any atom is 0.271 e. The van der Waals surface area contributed by atoms with Crippen molar-refractivity contribution in [2.24, 2.45) is 0 Å². The summed E-state index contributed by atoms with van der Waals surface area (Å²) in [5.74, 6) is 0. The number of non-ortho nitro benzene ring substituents is 1. The lowest BCUT2D eigenvalue weighted by Crippen LogP contribution is -2.29. The number of nitro benzene ring substituents is 1. The molecule has 0 unspecified atom stereocenters. The Kier molecular flexibility index (Phi) is 4.03. The maximum absolute atomic E-state index is 11.0. The number of hydrogen-bond donors (Lipinski definition) is 0. The minimum Gasteiger partial charge on any atom is -0.366 e. The van der Waals surface area contributed by atoms with Crippen LogP contribution in [0.15, 0.2) is 36.4 Å². The van der Waals surface area contributed by atoms with E-state index >= 15 is 0 Å². The van der Waals surface area contributed by atoms with E-state index in [0.29, 0.717) is 5.02 Å². The molecule has 0 fully saturated rings. The number of halogens is 1. The van der Waals surface area contributed by atoms with Gasteiger partial charge in [0, 0.05) is 25.2 Å². The molecule has 2 aromatic rings. The van der Waals surface area contributed by atoms with E-state index in [1.807, 2.05) is 0 Å². The normalized spacial score (nSPS) is 13.8. The first-order chi connectivity index (χ1) is 10.5. The minimum atomic E-state index is -0.384. The van der Waals surface area contributed by atoms with Gasteiger partial charge >= 0.3 is 0 Å². The summed E-state index contributed by atoms with van der Waals surface area (Å²) in [4.78, 5) is 12.8. The van der Waals surface area contributed by atoms with Crippen molar-refractivity contribution in [1.29, 1.82) is 0 Å². The second kappa shape index (κ2) is 5.97. The average Bonchev–Trinajstić information content (AvgIpc) is 2.49. The van der Waals surface area contributed by atoms with Gasteiger partial charge < -0.3 is 4.90 Å². The van der Waals surface area contributed by atoms with Crippen LogP contribution in [0.5, 0.6) is 0 Å². The quantitative estimate of drug-likeness (QED) is 0.618. The molecule has 1 aliphatic rings. The van der Waals surface area contributed by atoms with Crippen molar-refractivity contribution >= 4 is 23.0 Å². The molecule has 0 spiro atoms. The number of benzene rings is 2. The zero-order valence-corrected chi connectivity index (χ0v) is 13.1. The van der Waals surface area contributed by atoms with Crippen LogP contribution in [0.4, 0.5) is 11.4 Å². The van der Waals surface area contributed by atoms with Crippen LogP contribution in [0, 0.1) is 17.0 Å². The first-order valence-electron chi connectivity index (χ1n) is 7.32. The Balaban J connectivity index is 1.94. The Hall–Kier alpha value is -2.07. The Morgan fingerprint density at radius 3 is 2.68 bits per heavy atom. The molecule has 0 radical (unpaired) electrons. The minimum absolute atomic E-state index is 0.0703. The van der Waals surface area contributed by atoms with Gasteiger partial charge in [0.25, 0.3) is 5.69 Å². The first kappa shape index (κ1) is 14.9. The van der Waals surface area contributed by atoms with E-state index in [0.717, 1.165) is 37.2 Å². The second-order valence-electron chi connectivity index (χ2n) is 5.70. The number of nitro groups is 1. The summed E-state index contributed by atoms with van der Waals surface area (Å²) in [6.45, 7) is 3.75. The fourth-order valence-corrected chi connectivity index (χ4v) is 3.29. The summed E-state index contributed by atoms with van der Waals surface area (Å²) in [6, 6.07) is 11.5. The molecule has 0 amide bonds. The molecule has 0 N–H and O–H groups in total. The van der Waals surface area contributed by atoms with Crippen LogP contribution in [0.3, 0.4) is 0 Å². The van der Waals surface area contributed by atoms with Gasteiger partial charge in [0.05, 0.1) is 15.6 Å². The summed E-state index contributed by atoms with van der Waals surface area (Å²) >= 11 is 6.33. The Bertz CT molecular complexity index is 713. The summed E-state index contributed by atoms with van der Waals surface area (Å²) in [5.41, 5.74) is 4.43. The van der Waals surface area contributed by atoms with Crippen molar-refractivity contribution in [3.63, 3.8) is 0 Å². The molecule has 1 heterocycles. The highest BCUT2D eigenvalue weighted by molar-refractivity contribution is 6.33. The Morgan fingerprint density at radius 2 is 2.00 bits per heavy atom. The van der Waals surface area contributed by atoms with Crippen molar-refractivity contribution < 1.29 is 4.92 Å². The van der Waals surface area contributed by atoms with Crippen LogP contribution in [-0.4, -0.2) is 11.5 Å². The van der Waals surface area contributed by atoms with Gasteiger partial charge in [-0.25, -0.2) is 0 Å². The van der Waals surface area contributed by atoms with Gasteiger partial charge in [-0.15, -0.1) is 0 Å². The molecule has 0 saturated carbocycles. The third kappa shape index (κ3) is 2.92. The standard InChI is InChI=1S/C17H17ClN2O2/c1-12-4-6-13(7-5-12)11-19-8-2-3-14-9-15(20(21)22)10-16(18)17(14)19/h4-7,9-10H,2-3,8,11H2,1H3. The van der Waals surface area contributed by atoms with Crippen LogP contribution in [0.25, 0.3) is 0 Å². The maximum atomic E-state index is 11.0. The van der Waals surface area contributed by atoms with Gasteiger partial charge in [-0.3, -0.25) is 10.1 Å². The molecular weight excluding hydrogens is 300 g/mol. The number of rotatable bonds is 3. The molecule has 22 heavy (non-hydrogen) atoms. The highest BCUT2D eigenvalue weighted by atomic mass is 35.5. The average molecular weight is 317 g/mol. The predicted molar refractivity (Wildman–Crippen MR) is 88.7 cm³/mol. The lowest BCUT2D eigenvalue weighted by molar-refractivity contribution is -0.384. The van der Waals surface area contributed by atoms with Gasteiger partial charge in [-0.05, 0) is 30.9 Å². The molecule has 114 valence electrons. The van der Waals surface area contributed by atoms with E-state index in [2.05, 4.69) is 36.1 Å². The van der Waals surface area contributed by atoms with E-state index in [9.17, 15) is 10.1 Å². The summed E-state index contributed by atoms with van der Waals surface area (Å²) in [6.07, 6.45) is 1.82. The zero-order chi connectivity index (χ0) is 15.7. The Morgan fingerprint density at radius 1 is 1.27 bits per heavy atom. The third-order valence-electron chi connectivity index (χ3n) is 4.02. The molecule has 0 bridgehead atoms. The van der Waals surface area contributed by atoms with Crippen LogP contribution in [-0.2, 0) is 13.0 Å². The lowest BCUT2D eigenvalue weighted by Gasteiger charge is -2.32. The first-order valence-corrected chi connectivity index (χ1v) is 7.69. The van der Waals surface area contributed by atoms with Crippen LogP contribution in [0.2, 0.25) is 5.02 Å². The van der Waals surface area contributed by atoms with E-state index in [1.54, 1.807) is 6.07 Å². The molecular formula is C17H17ClN2O2. The van der Waals surface area contributed by atoms with E-state index < -0.39 is 0 Å². The summed E-state index contributed by atoms with van der Waals surface area (Å²) in [5, 5.41) is 11.4. The highest BCUT2D eigenvalue weighted by Crippen LogP contribution is 2.38. The van der Waals surface area contributed by atoms with Crippen molar-refractivity contribution in [1.82, 2.24) is 0 Å². The number of nitrogens with zero attached hydrogens (tertiary/aromatic N) is 2. The fraction of sp³-hybridized carbons (Fsp3) is 0.294. The highest BCUT2D eigenvalue weighted by Gasteiger charge is 2.23. The van der Waals surface area contributed by atoms with E-state index in [-0.39, 0.29) is 10.6 Å². The van der Waals surface area contributed by atoms with Crippen molar-refractivity contribution in [2.45, 2.75) is 26.3 Å². The van der Waals surface area contributed by atoms with Crippen LogP contribution in [0.1, 0.15) is 23.1 Å². The van der Waals surface area contributed by atoms with E-state index in [1.165, 1.54) is 17.2 Å². The number of aryl methyl sites for hydroxylation is 2. The second-order valence-corrected chi connectivity index (χ2v) is 6.11. The topological polar surface area (TPSA) is 46.4 Å². The number of fused-ring (bicyclic) bond motifs is 1. The molecule has 1 aliphatic heterocycles. The molecule has 4 nitrogen and oxygen atoms in total. The van der Waals surface area contributed by atoms with Gasteiger partial charge in [0.2, 0.25) is 0 Å². The van der Waals surface area contributed by atoms with Gasteiger partial charge in [0.15, 0.2) is 0 Å². The van der Waals surface area contributed by atoms with Gasteiger partial charge in [0.1, 0.15) is 0 Å². The SMILES string of the molecule is Cc1ccc(CN2CCCc3cc([N+](=O)[O-])cc(Cl)c32)cc1. The Labute approximate surface area is 134 Å². The monoisotopic (exact) mass is 316 g/mol. The van der Waals surface area contributed by atoms with Gasteiger partial charge in [-0.1, -0.05) is 41.4 Å². The fourth-order valence-electron chi connectivity index (χ4n) is 2.93. The smallest absolute Gasteiger partial charge is 0.271 e. The summed E-state index contributed by atoms with van der Waals surface area (Å²) in [7, 11) is 0. The number of hydrogen-bond acceptors (Lipinski definition) is 3. The zero-order valence-electron chi connectivity index (χ0n) is 12.4. The molecule has 0 aliphatic carbocycles. The molecule has 0 aromatic heterocycles. The third-order valence-corrected chi connectivity index (χ3v) is 4.31. The van der Waals surface area contributed by atoms with Gasteiger partial charge in [-0.2, -0.15) is 0 Å². The lowest BCUT2D eigenvalue weighted by atomic mass is 10.00. The van der Waals surface area contributed by atoms with E-state index in [4.69, 9.17) is 11.6 Å². The molecule has 3 rings (SSSR count). The molecule has 5 heteroatoms. The summed E-state index contributed by atoms with van der Waals surface area (Å²) < 4.78 is 0. The van der Waals surface area contributed by atoms with Crippen molar-refractivity contribution in [3.05, 3.63) is 68.2 Å². The van der Waals surface area contributed by atoms with Crippen LogP contribution < -0.4 is 4.90 Å². The van der Waals surface area contributed by atoms with Crippen molar-refractivity contribution in [2.75, 3.05) is 11.4 Å². The molecule has 2 aromatic carbocycles. The van der Waals surface area contributed by atoms with Crippen molar-refractivity contribution in [3.8, 4) is 0 Å². The predicted octanol–water partition coefficient (Wildman–Crippen LogP) is 4.51.